The lowest BCUT2D eigenvalue weighted by Crippen LogP contribution is -2.24. The number of rotatable bonds is 6. The molecule has 1 heterocycles. The summed E-state index contributed by atoms with van der Waals surface area (Å²) in [6, 6.07) is 9.99. The van der Waals surface area contributed by atoms with Crippen LogP contribution in [0.5, 0.6) is 0 Å². The van der Waals surface area contributed by atoms with Gasteiger partial charge in [-0.3, -0.25) is 4.79 Å². The van der Waals surface area contributed by atoms with E-state index in [-0.39, 0.29) is 15.6 Å². The molecular formula is C22H22F3N5O3S2. The lowest BCUT2D eigenvalue weighted by molar-refractivity contribution is -0.0436. The van der Waals surface area contributed by atoms with Crippen LogP contribution in [-0.4, -0.2) is 40.0 Å². The van der Waals surface area contributed by atoms with Gasteiger partial charge >= 0.3 is 5.51 Å². The molecule has 0 saturated heterocycles. The summed E-state index contributed by atoms with van der Waals surface area (Å²) in [6.07, 6.45) is 5.83. The summed E-state index contributed by atoms with van der Waals surface area (Å²) in [7, 11) is -4.09. The molecule has 35 heavy (non-hydrogen) atoms. The first-order valence-corrected chi connectivity index (χ1v) is 13.1. The molecule has 1 aromatic heterocycles. The molecule has 0 unspecified atom stereocenters. The van der Waals surface area contributed by atoms with Crippen molar-refractivity contribution in [2.24, 2.45) is 7.05 Å². The fraction of sp³-hybridized carbons (Fsp3) is 0.364. The zero-order valence-corrected chi connectivity index (χ0v) is 20.3. The van der Waals surface area contributed by atoms with Crippen LogP contribution in [0.15, 0.2) is 57.4 Å². The number of tetrazole rings is 1. The molecule has 0 radical (unpaired) electrons. The minimum absolute atomic E-state index is 0.195. The number of hydrogen-bond acceptors (Lipinski definition) is 7. The topological polar surface area (TPSA) is 107 Å². The van der Waals surface area contributed by atoms with Gasteiger partial charge < -0.3 is 5.32 Å². The number of amides is 1. The van der Waals surface area contributed by atoms with Gasteiger partial charge in [-0.15, -0.1) is 5.10 Å². The van der Waals surface area contributed by atoms with Crippen LogP contribution in [0.3, 0.4) is 0 Å². The van der Waals surface area contributed by atoms with Gasteiger partial charge in [0.25, 0.3) is 15.7 Å². The SMILES string of the molecule is Cn1nnnc1Sc1ccc(S(=O)(=O)C(F)(F)F)cc1C(=O)Nc1ccc(C2CCCCC2)cc1. The van der Waals surface area contributed by atoms with Crippen molar-refractivity contribution in [1.82, 2.24) is 20.2 Å². The van der Waals surface area contributed by atoms with Gasteiger partial charge in [-0.1, -0.05) is 31.4 Å². The van der Waals surface area contributed by atoms with E-state index in [1.807, 2.05) is 12.1 Å². The highest BCUT2D eigenvalue weighted by molar-refractivity contribution is 7.99. The highest BCUT2D eigenvalue weighted by Gasteiger charge is 2.47. The molecule has 13 heteroatoms. The van der Waals surface area contributed by atoms with E-state index in [2.05, 4.69) is 20.8 Å². The number of carbonyl (C=O) groups is 1. The van der Waals surface area contributed by atoms with Crippen molar-refractivity contribution in [2.75, 3.05) is 5.32 Å². The Balaban J connectivity index is 1.64. The summed E-state index contributed by atoms with van der Waals surface area (Å²) in [5, 5.41) is 13.9. The molecule has 0 atom stereocenters. The van der Waals surface area contributed by atoms with Crippen molar-refractivity contribution in [1.29, 1.82) is 0 Å². The van der Waals surface area contributed by atoms with E-state index in [1.54, 1.807) is 19.2 Å². The molecule has 1 saturated carbocycles. The van der Waals surface area contributed by atoms with Crippen LogP contribution >= 0.6 is 11.8 Å². The molecule has 0 aliphatic heterocycles. The van der Waals surface area contributed by atoms with E-state index < -0.39 is 26.1 Å². The summed E-state index contributed by atoms with van der Waals surface area (Å²) in [5.41, 5.74) is -4.14. The molecule has 0 spiro atoms. The zero-order valence-electron chi connectivity index (χ0n) is 18.6. The fourth-order valence-electron chi connectivity index (χ4n) is 3.96. The summed E-state index contributed by atoms with van der Waals surface area (Å²) >= 11 is 0.924. The van der Waals surface area contributed by atoms with Crippen LogP contribution in [0, 0.1) is 0 Å². The molecule has 2 aromatic carbocycles. The Labute approximate surface area is 204 Å². The van der Waals surface area contributed by atoms with Crippen molar-refractivity contribution < 1.29 is 26.4 Å². The smallest absolute Gasteiger partial charge is 0.322 e. The number of carbonyl (C=O) groups excluding carboxylic acids is 1. The normalized spacial score (nSPS) is 15.2. The maximum absolute atomic E-state index is 13.1. The number of benzene rings is 2. The highest BCUT2D eigenvalue weighted by Crippen LogP contribution is 2.36. The van der Waals surface area contributed by atoms with Gasteiger partial charge in [0, 0.05) is 17.6 Å². The number of sulfone groups is 1. The second-order valence-electron chi connectivity index (χ2n) is 8.21. The maximum Gasteiger partial charge on any atom is 0.501 e. The lowest BCUT2D eigenvalue weighted by atomic mass is 9.84. The third kappa shape index (κ3) is 5.50. The number of nitrogens with one attached hydrogen (secondary N) is 1. The van der Waals surface area contributed by atoms with Crippen molar-refractivity contribution in [3.63, 3.8) is 0 Å². The third-order valence-electron chi connectivity index (χ3n) is 5.84. The van der Waals surface area contributed by atoms with Crippen LogP contribution < -0.4 is 5.32 Å². The monoisotopic (exact) mass is 525 g/mol. The minimum atomic E-state index is -5.65. The quantitative estimate of drug-likeness (QED) is 0.485. The van der Waals surface area contributed by atoms with Gasteiger partial charge in [0.05, 0.1) is 10.5 Å². The summed E-state index contributed by atoms with van der Waals surface area (Å²) in [5.74, 6) is -0.284. The lowest BCUT2D eigenvalue weighted by Gasteiger charge is -2.22. The molecule has 3 aromatic rings. The maximum atomic E-state index is 13.1. The summed E-state index contributed by atoms with van der Waals surface area (Å²) < 4.78 is 64.6. The second-order valence-corrected chi connectivity index (χ2v) is 11.2. The fourth-order valence-corrected chi connectivity index (χ4v) is 5.58. The van der Waals surface area contributed by atoms with E-state index in [1.165, 1.54) is 29.5 Å². The Kier molecular flexibility index (Phi) is 7.17. The first-order chi connectivity index (χ1) is 16.6. The van der Waals surface area contributed by atoms with Crippen LogP contribution in [0.2, 0.25) is 0 Å². The molecule has 1 amide bonds. The van der Waals surface area contributed by atoms with Gasteiger partial charge in [-0.05, 0) is 76.8 Å². The van der Waals surface area contributed by atoms with Crippen molar-refractivity contribution in [2.45, 2.75) is 58.5 Å². The third-order valence-corrected chi connectivity index (χ3v) is 8.43. The molecule has 1 N–H and O–H groups in total. The van der Waals surface area contributed by atoms with Gasteiger partial charge in [0.1, 0.15) is 0 Å². The van der Waals surface area contributed by atoms with Gasteiger partial charge in [-0.2, -0.15) is 13.2 Å². The van der Waals surface area contributed by atoms with Crippen molar-refractivity contribution in [3.8, 4) is 0 Å². The number of alkyl halides is 3. The van der Waals surface area contributed by atoms with Crippen molar-refractivity contribution >= 4 is 33.2 Å². The van der Waals surface area contributed by atoms with Crippen molar-refractivity contribution in [3.05, 3.63) is 53.6 Å². The largest absolute Gasteiger partial charge is 0.501 e. The van der Waals surface area contributed by atoms with E-state index in [4.69, 9.17) is 0 Å². The predicted octanol–water partition coefficient (Wildman–Crippen LogP) is 4.95. The molecule has 1 aliphatic rings. The molecule has 4 rings (SSSR count). The van der Waals surface area contributed by atoms with E-state index in [0.29, 0.717) is 11.6 Å². The molecule has 8 nitrogen and oxygen atoms in total. The number of halogens is 3. The van der Waals surface area contributed by atoms with Gasteiger partial charge in [-0.25, -0.2) is 13.1 Å². The highest BCUT2D eigenvalue weighted by atomic mass is 32.2. The number of hydrogen-bond donors (Lipinski definition) is 1. The van der Waals surface area contributed by atoms with E-state index >= 15 is 0 Å². The minimum Gasteiger partial charge on any atom is -0.322 e. The number of anilines is 1. The number of nitrogens with zero attached hydrogens (tertiary/aromatic N) is 4. The molecule has 0 bridgehead atoms. The molecular weight excluding hydrogens is 503 g/mol. The average molecular weight is 526 g/mol. The Hall–Kier alpha value is -2.93. The molecule has 1 fully saturated rings. The van der Waals surface area contributed by atoms with Crippen LogP contribution in [-0.2, 0) is 16.9 Å². The Morgan fingerprint density at radius 1 is 1.09 bits per heavy atom. The zero-order chi connectivity index (χ0) is 25.2. The van der Waals surface area contributed by atoms with Crippen LogP contribution in [0.4, 0.5) is 18.9 Å². The van der Waals surface area contributed by atoms with Gasteiger partial charge in [0.15, 0.2) is 0 Å². The summed E-state index contributed by atoms with van der Waals surface area (Å²) in [6.45, 7) is 0. The van der Waals surface area contributed by atoms with E-state index in [0.717, 1.165) is 42.8 Å². The van der Waals surface area contributed by atoms with Crippen LogP contribution in [0.25, 0.3) is 0 Å². The first kappa shape index (κ1) is 25.2. The number of aromatic nitrogens is 4. The summed E-state index contributed by atoms with van der Waals surface area (Å²) in [4.78, 5) is 12.3. The number of aryl methyl sites for hydroxylation is 1. The average Bonchev–Trinajstić information content (AvgIpc) is 3.23. The molecule has 1 aliphatic carbocycles. The van der Waals surface area contributed by atoms with Gasteiger partial charge in [0.2, 0.25) is 5.16 Å². The van der Waals surface area contributed by atoms with E-state index in [9.17, 15) is 26.4 Å². The Morgan fingerprint density at radius 3 is 2.37 bits per heavy atom. The first-order valence-electron chi connectivity index (χ1n) is 10.8. The molecule has 186 valence electrons. The standard InChI is InChI=1S/C22H22F3N5O3S2/c1-30-21(27-28-29-30)34-19-12-11-17(35(32,33)22(23,24)25)13-18(19)20(31)26-16-9-7-15(8-10-16)14-5-3-2-4-6-14/h7-14H,2-6H2,1H3,(H,26,31). The van der Waals surface area contributed by atoms with Crippen LogP contribution in [0.1, 0.15) is 53.9 Å². The second kappa shape index (κ2) is 9.97. The predicted molar refractivity (Wildman–Crippen MR) is 123 cm³/mol. The Bertz CT molecular complexity index is 1320. The Morgan fingerprint density at radius 2 is 1.77 bits per heavy atom.